The van der Waals surface area contributed by atoms with Crippen molar-refractivity contribution in [2.45, 2.75) is 219 Å². The number of allylic oxidation sites excluding steroid dienone is 2. The van der Waals surface area contributed by atoms with Gasteiger partial charge in [0.1, 0.15) is 12.7 Å². The van der Waals surface area contributed by atoms with Crippen LogP contribution in [0.2, 0.25) is 0 Å². The fraction of sp³-hybridized carbons (Fsp3) is 0.881. The van der Waals surface area contributed by atoms with Crippen LogP contribution >= 0.6 is 7.82 Å². The second-order valence-corrected chi connectivity index (χ2v) is 16.3. The molecule has 3 unspecified atom stereocenters. The lowest BCUT2D eigenvalue weighted by Gasteiger charge is -2.18. The third-order valence-corrected chi connectivity index (χ3v) is 10.5. The van der Waals surface area contributed by atoms with Crippen LogP contribution in [0, 0.1) is 0 Å². The smallest absolute Gasteiger partial charge is 0.472 e. The van der Waals surface area contributed by atoms with Crippen molar-refractivity contribution < 1.29 is 47.8 Å². The van der Waals surface area contributed by atoms with Crippen molar-refractivity contribution in [3.8, 4) is 0 Å². The van der Waals surface area contributed by atoms with Gasteiger partial charge in [-0.05, 0) is 38.5 Å². The maximum Gasteiger partial charge on any atom is 0.472 e. The Morgan fingerprint density at radius 2 is 0.963 bits per heavy atom. The molecule has 54 heavy (non-hydrogen) atoms. The minimum Gasteiger partial charge on any atom is -0.480 e. The minimum atomic E-state index is -4.75. The van der Waals surface area contributed by atoms with Crippen LogP contribution in [-0.2, 0) is 32.7 Å². The third-order valence-electron chi connectivity index (χ3n) is 9.55. The molecule has 4 N–H and O–H groups in total. The van der Waals surface area contributed by atoms with Crippen LogP contribution in [0.4, 0.5) is 0 Å². The van der Waals surface area contributed by atoms with E-state index in [0.717, 1.165) is 38.5 Å². The highest BCUT2D eigenvalue weighted by atomic mass is 31.2. The number of aliphatic hydroxyl groups is 1. The van der Waals surface area contributed by atoms with Gasteiger partial charge in [-0.2, -0.15) is 0 Å². The van der Waals surface area contributed by atoms with Gasteiger partial charge in [-0.3, -0.25) is 18.6 Å². The Balaban J connectivity index is 3.89. The Labute approximate surface area is 328 Å². The fourth-order valence-electron chi connectivity index (χ4n) is 6.13. The number of carboxylic acids is 1. The van der Waals surface area contributed by atoms with Crippen molar-refractivity contribution in [3.05, 3.63) is 12.2 Å². The van der Waals surface area contributed by atoms with Gasteiger partial charge in [-0.1, -0.05) is 167 Å². The van der Waals surface area contributed by atoms with Gasteiger partial charge >= 0.3 is 19.8 Å². The van der Waals surface area contributed by atoms with Gasteiger partial charge in [0.05, 0.1) is 13.2 Å². The van der Waals surface area contributed by atoms with E-state index in [1.807, 2.05) is 0 Å². The molecule has 0 aliphatic rings. The summed E-state index contributed by atoms with van der Waals surface area (Å²) in [5.41, 5.74) is 0. The van der Waals surface area contributed by atoms with Crippen LogP contribution in [0.1, 0.15) is 206 Å². The number of unbranched alkanes of at least 4 members (excludes halogenated alkanes) is 25. The summed E-state index contributed by atoms with van der Waals surface area (Å²) in [4.78, 5) is 45.8. The van der Waals surface area contributed by atoms with E-state index in [4.69, 9.17) is 13.8 Å². The number of phosphoric ester groups is 1. The number of rotatable bonds is 41. The molecule has 0 aromatic rings. The number of aliphatic carboxylic acids is 1. The first-order valence-electron chi connectivity index (χ1n) is 21.7. The van der Waals surface area contributed by atoms with Crippen LogP contribution in [-0.4, -0.2) is 64.9 Å². The van der Waals surface area contributed by atoms with Gasteiger partial charge in [0, 0.05) is 12.8 Å². The molecule has 0 heterocycles. The Kier molecular flexibility index (Phi) is 36.9. The van der Waals surface area contributed by atoms with E-state index in [0.29, 0.717) is 12.8 Å². The van der Waals surface area contributed by atoms with Crippen LogP contribution in [0.5, 0.6) is 0 Å². The number of carboxylic acid groups (broad SMARTS) is 1. The molecule has 0 spiro atoms. The second-order valence-electron chi connectivity index (χ2n) is 14.9. The third kappa shape index (κ3) is 37.2. The molecule has 12 heteroatoms. The van der Waals surface area contributed by atoms with Crippen molar-refractivity contribution in [3.63, 3.8) is 0 Å². The zero-order valence-corrected chi connectivity index (χ0v) is 35.2. The maximum absolute atomic E-state index is 12.3. The van der Waals surface area contributed by atoms with Gasteiger partial charge < -0.3 is 25.2 Å². The average Bonchev–Trinajstić information content (AvgIpc) is 3.14. The number of esters is 1. The van der Waals surface area contributed by atoms with E-state index < -0.39 is 57.6 Å². The molecule has 0 bridgehead atoms. The number of aliphatic hydroxyl groups excluding tert-OH is 1. The van der Waals surface area contributed by atoms with E-state index in [2.05, 4.69) is 31.3 Å². The zero-order chi connectivity index (χ0) is 40.0. The molecular weight excluding hydrogens is 709 g/mol. The molecule has 3 atom stereocenters. The molecule has 11 nitrogen and oxygen atoms in total. The van der Waals surface area contributed by atoms with Gasteiger partial charge in [0.15, 0.2) is 6.04 Å². The van der Waals surface area contributed by atoms with E-state index in [-0.39, 0.29) is 12.8 Å². The number of carbonyl (C=O) groups is 3. The van der Waals surface area contributed by atoms with Crippen molar-refractivity contribution in [1.82, 2.24) is 5.32 Å². The summed E-state index contributed by atoms with van der Waals surface area (Å²) in [5.74, 6) is -2.37. The molecule has 0 aliphatic heterocycles. The molecule has 0 radical (unpaired) electrons. The average molecular weight is 790 g/mol. The quantitative estimate of drug-likeness (QED) is 0.0202. The standard InChI is InChI=1S/C42H80NO10P/c1-3-5-7-9-11-13-15-16-17-18-19-20-21-22-24-25-27-29-31-33-40(45)43-39(42(47)48)37-53-54(49,50)52-36-38(44)35-51-41(46)34-32-30-28-26-23-14-12-10-8-6-4-2/h16-17,38-39,44H,3-15,18-37H2,1-2H3,(H,43,45)(H,47,48)(H,49,50)/b17-16+. The van der Waals surface area contributed by atoms with Gasteiger partial charge in [-0.15, -0.1) is 0 Å². The fourth-order valence-corrected chi connectivity index (χ4v) is 6.91. The molecule has 1 amide bonds. The predicted molar refractivity (Wildman–Crippen MR) is 217 cm³/mol. The number of nitrogens with one attached hydrogen (secondary N) is 1. The molecule has 0 fully saturated rings. The van der Waals surface area contributed by atoms with Gasteiger partial charge in [0.25, 0.3) is 0 Å². The van der Waals surface area contributed by atoms with Crippen LogP contribution < -0.4 is 5.32 Å². The number of amides is 1. The van der Waals surface area contributed by atoms with E-state index in [9.17, 15) is 34.1 Å². The lowest BCUT2D eigenvalue weighted by Crippen LogP contribution is -2.43. The highest BCUT2D eigenvalue weighted by Crippen LogP contribution is 2.43. The topological polar surface area (TPSA) is 169 Å². The van der Waals surface area contributed by atoms with Crippen LogP contribution in [0.3, 0.4) is 0 Å². The molecule has 318 valence electrons. The second kappa shape index (κ2) is 38.1. The van der Waals surface area contributed by atoms with Gasteiger partial charge in [0.2, 0.25) is 5.91 Å². The molecule has 0 aromatic carbocycles. The molecular formula is C42H80NO10P. The number of carbonyl (C=O) groups excluding carboxylic acids is 2. The SMILES string of the molecule is CCCCCCCC/C=C/CCCCCCCCCCCC(=O)NC(COP(=O)(O)OCC(O)COC(=O)CCCCCCCCCCCCC)C(=O)O. The summed E-state index contributed by atoms with van der Waals surface area (Å²) < 4.78 is 26.8. The molecule has 0 aliphatic carbocycles. The van der Waals surface area contributed by atoms with Crippen LogP contribution in [0.25, 0.3) is 0 Å². The first-order chi connectivity index (χ1) is 26.1. The zero-order valence-electron chi connectivity index (χ0n) is 34.3. The summed E-state index contributed by atoms with van der Waals surface area (Å²) in [6, 6.07) is -1.54. The van der Waals surface area contributed by atoms with E-state index >= 15 is 0 Å². The Morgan fingerprint density at radius 3 is 1.41 bits per heavy atom. The first-order valence-corrected chi connectivity index (χ1v) is 23.2. The molecule has 0 rings (SSSR count). The predicted octanol–water partition coefficient (Wildman–Crippen LogP) is 10.9. The molecule has 0 saturated heterocycles. The summed E-state index contributed by atoms with van der Waals surface area (Å²) in [6.45, 7) is 2.59. The Bertz CT molecular complexity index is 979. The summed E-state index contributed by atoms with van der Waals surface area (Å²) in [6.07, 6.45) is 36.6. The lowest BCUT2D eigenvalue weighted by molar-refractivity contribution is -0.147. The van der Waals surface area contributed by atoms with Crippen molar-refractivity contribution >= 4 is 25.7 Å². The minimum absolute atomic E-state index is 0.146. The van der Waals surface area contributed by atoms with Crippen LogP contribution in [0.15, 0.2) is 12.2 Å². The normalized spacial score (nSPS) is 13.9. The highest BCUT2D eigenvalue weighted by molar-refractivity contribution is 7.47. The maximum atomic E-state index is 12.3. The summed E-state index contributed by atoms with van der Waals surface area (Å²) in [7, 11) is -4.75. The number of phosphoric acid groups is 1. The Morgan fingerprint density at radius 1 is 0.574 bits per heavy atom. The molecule has 0 aromatic heterocycles. The highest BCUT2D eigenvalue weighted by Gasteiger charge is 2.28. The summed E-state index contributed by atoms with van der Waals surface area (Å²) in [5, 5.41) is 21.8. The first kappa shape index (κ1) is 52.2. The number of hydrogen-bond donors (Lipinski definition) is 4. The largest absolute Gasteiger partial charge is 0.480 e. The number of hydrogen-bond acceptors (Lipinski definition) is 8. The van der Waals surface area contributed by atoms with Crippen molar-refractivity contribution in [2.75, 3.05) is 19.8 Å². The lowest BCUT2D eigenvalue weighted by atomic mass is 10.1. The number of ether oxygens (including phenoxy) is 1. The molecule has 0 saturated carbocycles. The summed E-state index contributed by atoms with van der Waals surface area (Å²) >= 11 is 0. The van der Waals surface area contributed by atoms with E-state index in [1.54, 1.807) is 0 Å². The monoisotopic (exact) mass is 790 g/mol. The van der Waals surface area contributed by atoms with Crippen molar-refractivity contribution in [1.29, 1.82) is 0 Å². The van der Waals surface area contributed by atoms with Crippen molar-refractivity contribution in [2.24, 2.45) is 0 Å². The Hall–Kier alpha value is -1.78. The van der Waals surface area contributed by atoms with Gasteiger partial charge in [-0.25, -0.2) is 9.36 Å². The van der Waals surface area contributed by atoms with E-state index in [1.165, 1.54) is 128 Å².